The molecule has 0 heterocycles. The zero-order valence-electron chi connectivity index (χ0n) is 12.9. The highest BCUT2D eigenvalue weighted by Gasteiger charge is 2.14. The van der Waals surface area contributed by atoms with Gasteiger partial charge in [-0.3, -0.25) is 0 Å². The van der Waals surface area contributed by atoms with Gasteiger partial charge in [-0.2, -0.15) is 0 Å². The van der Waals surface area contributed by atoms with E-state index in [-0.39, 0.29) is 0 Å². The van der Waals surface area contributed by atoms with Gasteiger partial charge in [0.05, 0.1) is 13.7 Å². The summed E-state index contributed by atoms with van der Waals surface area (Å²) >= 11 is 12.0. The molecule has 0 radical (unpaired) electrons. The van der Waals surface area contributed by atoms with Crippen LogP contribution in [0.3, 0.4) is 0 Å². The summed E-state index contributed by atoms with van der Waals surface area (Å²) in [4.78, 5) is 11.8. The van der Waals surface area contributed by atoms with E-state index in [1.165, 1.54) is 7.11 Å². The van der Waals surface area contributed by atoms with Crippen molar-refractivity contribution in [1.82, 2.24) is 0 Å². The molecule has 0 bridgehead atoms. The number of anilines is 1. The molecule has 0 aliphatic heterocycles. The van der Waals surface area contributed by atoms with Crippen molar-refractivity contribution in [2.45, 2.75) is 6.42 Å². The third-order valence-electron chi connectivity index (χ3n) is 3.32. The second-order valence-electron chi connectivity index (χ2n) is 4.79. The Balaban J connectivity index is 2.11. The Morgan fingerprint density at radius 1 is 1.17 bits per heavy atom. The summed E-state index contributed by atoms with van der Waals surface area (Å²) < 4.78 is 10.5. The van der Waals surface area contributed by atoms with Gasteiger partial charge in [0.2, 0.25) is 0 Å². The van der Waals surface area contributed by atoms with E-state index in [9.17, 15) is 4.79 Å². The number of halogens is 2. The van der Waals surface area contributed by atoms with Crippen molar-refractivity contribution in [3.05, 3.63) is 57.6 Å². The molecule has 122 valence electrons. The van der Waals surface area contributed by atoms with Crippen molar-refractivity contribution in [2.75, 3.05) is 26.1 Å². The number of hydrogen-bond donors (Lipinski definition) is 1. The predicted molar refractivity (Wildman–Crippen MR) is 93.0 cm³/mol. The number of nitrogens with one attached hydrogen (secondary N) is 1. The number of benzene rings is 2. The number of carbonyl (C=O) groups excluding carboxylic acids is 1. The molecule has 0 saturated heterocycles. The molecule has 0 atom stereocenters. The van der Waals surface area contributed by atoms with Gasteiger partial charge in [-0.15, -0.1) is 0 Å². The molecule has 6 heteroatoms. The maximum absolute atomic E-state index is 11.8. The lowest BCUT2D eigenvalue weighted by Gasteiger charge is -2.12. The zero-order chi connectivity index (χ0) is 16.8. The molecule has 23 heavy (non-hydrogen) atoms. The van der Waals surface area contributed by atoms with E-state index in [2.05, 4.69) is 5.32 Å². The predicted octanol–water partition coefficient (Wildman–Crippen LogP) is 4.44. The van der Waals surface area contributed by atoms with E-state index < -0.39 is 5.97 Å². The molecule has 2 aromatic carbocycles. The van der Waals surface area contributed by atoms with Crippen molar-refractivity contribution in [1.29, 1.82) is 0 Å². The Labute approximate surface area is 145 Å². The van der Waals surface area contributed by atoms with Crippen LogP contribution in [0.5, 0.6) is 5.75 Å². The molecule has 0 spiro atoms. The van der Waals surface area contributed by atoms with E-state index in [1.807, 2.05) is 6.07 Å². The number of esters is 1. The summed E-state index contributed by atoms with van der Waals surface area (Å²) in [7, 11) is 3.13. The topological polar surface area (TPSA) is 47.6 Å². The zero-order valence-corrected chi connectivity index (χ0v) is 14.4. The van der Waals surface area contributed by atoms with Crippen LogP contribution in [0, 0.1) is 0 Å². The lowest BCUT2D eigenvalue weighted by molar-refractivity contribution is 0.0596. The average Bonchev–Trinajstić information content (AvgIpc) is 2.56. The molecular formula is C17H17Cl2NO3. The minimum atomic E-state index is -0.438. The van der Waals surface area contributed by atoms with Gasteiger partial charge in [0.1, 0.15) is 11.3 Å². The van der Waals surface area contributed by atoms with Crippen LogP contribution in [-0.2, 0) is 11.2 Å². The minimum Gasteiger partial charge on any atom is -0.492 e. The number of methoxy groups -OCH3 is 1. The smallest absolute Gasteiger partial charge is 0.341 e. The Hall–Kier alpha value is -1.91. The summed E-state index contributed by atoms with van der Waals surface area (Å²) in [5, 5.41) is 4.19. The second-order valence-corrected chi connectivity index (χ2v) is 5.63. The van der Waals surface area contributed by atoms with Crippen molar-refractivity contribution < 1.29 is 14.3 Å². The maximum atomic E-state index is 11.8. The molecular weight excluding hydrogens is 337 g/mol. The van der Waals surface area contributed by atoms with Crippen LogP contribution in [0.25, 0.3) is 0 Å². The molecule has 2 rings (SSSR count). The maximum Gasteiger partial charge on any atom is 0.341 e. The highest BCUT2D eigenvalue weighted by atomic mass is 35.5. The van der Waals surface area contributed by atoms with Crippen LogP contribution >= 0.6 is 23.2 Å². The highest BCUT2D eigenvalue weighted by Crippen LogP contribution is 2.25. The lowest BCUT2D eigenvalue weighted by Crippen LogP contribution is -2.08. The first kappa shape index (κ1) is 17.4. The molecule has 0 aromatic heterocycles. The van der Waals surface area contributed by atoms with Gasteiger partial charge in [0.15, 0.2) is 0 Å². The van der Waals surface area contributed by atoms with Crippen LogP contribution in [0.1, 0.15) is 15.9 Å². The lowest BCUT2D eigenvalue weighted by atomic mass is 10.1. The molecule has 0 aliphatic rings. The monoisotopic (exact) mass is 353 g/mol. The van der Waals surface area contributed by atoms with Gasteiger partial charge in [-0.25, -0.2) is 4.79 Å². The summed E-state index contributed by atoms with van der Waals surface area (Å²) in [6, 6.07) is 10.6. The molecule has 0 aliphatic carbocycles. The summed E-state index contributed by atoms with van der Waals surface area (Å²) in [6.45, 7) is 0.374. The number of ether oxygens (including phenoxy) is 2. The fourth-order valence-corrected chi connectivity index (χ4v) is 2.57. The summed E-state index contributed by atoms with van der Waals surface area (Å²) in [5.41, 5.74) is 2.16. The van der Waals surface area contributed by atoms with E-state index in [1.54, 1.807) is 37.4 Å². The quantitative estimate of drug-likeness (QED) is 0.779. The first-order chi connectivity index (χ1) is 11.0. The van der Waals surface area contributed by atoms with Gasteiger partial charge in [-0.1, -0.05) is 29.3 Å². The Morgan fingerprint density at radius 2 is 1.96 bits per heavy atom. The van der Waals surface area contributed by atoms with Crippen LogP contribution in [-0.4, -0.2) is 26.7 Å². The van der Waals surface area contributed by atoms with Crippen LogP contribution in [0.4, 0.5) is 5.69 Å². The van der Waals surface area contributed by atoms with Crippen LogP contribution < -0.4 is 10.1 Å². The number of hydrogen-bond acceptors (Lipinski definition) is 4. The van der Waals surface area contributed by atoms with E-state index in [4.69, 9.17) is 32.7 Å². The molecule has 0 amide bonds. The standard InChI is InChI=1S/C17H17Cl2NO3/c1-20-13-5-6-14(17(21)22-2)16(10-13)23-8-7-11-3-4-12(18)9-15(11)19/h3-6,9-10,20H,7-8H2,1-2H3. The molecule has 2 aromatic rings. The van der Waals surface area contributed by atoms with Gasteiger partial charge in [-0.05, 0) is 29.8 Å². The third kappa shape index (κ3) is 4.53. The Kier molecular flexibility index (Phi) is 6.13. The van der Waals surface area contributed by atoms with E-state index in [0.29, 0.717) is 34.4 Å². The second kappa shape index (κ2) is 8.09. The van der Waals surface area contributed by atoms with Gasteiger partial charge in [0.25, 0.3) is 0 Å². The third-order valence-corrected chi connectivity index (χ3v) is 3.91. The normalized spacial score (nSPS) is 10.3. The van der Waals surface area contributed by atoms with Crippen molar-refractivity contribution >= 4 is 34.9 Å². The number of carbonyl (C=O) groups is 1. The molecule has 1 N–H and O–H groups in total. The molecule has 4 nitrogen and oxygen atoms in total. The first-order valence-corrected chi connectivity index (χ1v) is 7.77. The van der Waals surface area contributed by atoms with Crippen molar-refractivity contribution in [2.24, 2.45) is 0 Å². The van der Waals surface area contributed by atoms with Crippen LogP contribution in [0.15, 0.2) is 36.4 Å². The highest BCUT2D eigenvalue weighted by molar-refractivity contribution is 6.35. The fourth-order valence-electron chi connectivity index (χ4n) is 2.07. The largest absolute Gasteiger partial charge is 0.492 e. The summed E-state index contributed by atoms with van der Waals surface area (Å²) in [6.07, 6.45) is 0.598. The molecule has 0 saturated carbocycles. The van der Waals surface area contributed by atoms with Crippen molar-refractivity contribution in [3.63, 3.8) is 0 Å². The SMILES string of the molecule is CNc1ccc(C(=O)OC)c(OCCc2ccc(Cl)cc2Cl)c1. The molecule has 0 fully saturated rings. The van der Waals surface area contributed by atoms with Gasteiger partial charge >= 0.3 is 5.97 Å². The van der Waals surface area contributed by atoms with E-state index in [0.717, 1.165) is 11.3 Å². The summed E-state index contributed by atoms with van der Waals surface area (Å²) in [5.74, 6) is 0.0287. The van der Waals surface area contributed by atoms with Crippen LogP contribution in [0.2, 0.25) is 10.0 Å². The molecule has 0 unspecified atom stereocenters. The Morgan fingerprint density at radius 3 is 2.61 bits per heavy atom. The first-order valence-electron chi connectivity index (χ1n) is 7.02. The minimum absolute atomic E-state index is 0.374. The average molecular weight is 354 g/mol. The van der Waals surface area contributed by atoms with Crippen molar-refractivity contribution in [3.8, 4) is 5.75 Å². The van der Waals surface area contributed by atoms with E-state index >= 15 is 0 Å². The number of rotatable bonds is 6. The van der Waals surface area contributed by atoms with Gasteiger partial charge in [0, 0.05) is 35.3 Å². The Bertz CT molecular complexity index is 704. The van der Waals surface area contributed by atoms with Gasteiger partial charge < -0.3 is 14.8 Å². The fraction of sp³-hybridized carbons (Fsp3) is 0.235.